The third-order valence-electron chi connectivity index (χ3n) is 0. The van der Waals surface area contributed by atoms with Crippen LogP contribution >= 0.6 is 0 Å². The summed E-state index contributed by atoms with van der Waals surface area (Å²) in [6.45, 7) is 0. The van der Waals surface area contributed by atoms with E-state index in [-0.39, 0.29) is 35.9 Å². The molecule has 0 aromatic carbocycles. The molecule has 0 aliphatic heterocycles. The van der Waals surface area contributed by atoms with Crippen LogP contribution in [0.5, 0.6) is 0 Å². The second-order valence-electron chi connectivity index (χ2n) is 0.162. The Morgan fingerprint density at radius 1 is 1.00 bits per heavy atom. The molecule has 0 heterocycles. The van der Waals surface area contributed by atoms with E-state index >= 15 is 0 Å². The van der Waals surface area contributed by atoms with Crippen molar-refractivity contribution in [1.29, 1.82) is 0 Å². The van der Waals surface area contributed by atoms with Gasteiger partial charge in [-0.3, -0.25) is 0 Å². The zero-order chi connectivity index (χ0) is 3.58. The monoisotopic (exact) mass is 176 g/mol. The van der Waals surface area contributed by atoms with Crippen molar-refractivity contribution in [1.82, 2.24) is 0 Å². The van der Waals surface area contributed by atoms with E-state index in [9.17, 15) is 10.7 Å². The summed E-state index contributed by atoms with van der Waals surface area (Å²) in [6, 6.07) is 0. The van der Waals surface area contributed by atoms with Gasteiger partial charge in [-0.1, -0.05) is 0 Å². The fourth-order valence-electron chi connectivity index (χ4n) is 0. The van der Waals surface area contributed by atoms with Crippen LogP contribution in [0, 0.1) is 0 Å². The number of rotatable bonds is 0. The average Bonchev–Trinajstić information content (AvgIpc) is 0.811. The second-order valence-corrected chi connectivity index (χ2v) is 0.668. The molecule has 0 unspecified atom stereocenters. The molecule has 0 aromatic rings. The van der Waals surface area contributed by atoms with Crippen molar-refractivity contribution in [3.05, 3.63) is 0 Å². The second kappa shape index (κ2) is 9.66. The molecule has 0 radical (unpaired) electrons. The van der Waals surface area contributed by atoms with Crippen molar-refractivity contribution >= 4 is 18.9 Å². The Morgan fingerprint density at radius 3 is 1.00 bits per heavy atom. The van der Waals surface area contributed by atoms with Crippen molar-refractivity contribution in [2.75, 3.05) is 0 Å². The molecule has 38 valence electrons. The molecule has 0 fully saturated rings. The topological polar surface area (TPSA) is 0 Å². The van der Waals surface area contributed by atoms with E-state index < -0.39 is 15.3 Å². The van der Waals surface area contributed by atoms with Crippen LogP contribution < -0.4 is 0 Å². The first-order chi connectivity index (χ1) is 1.73. The van der Waals surface area contributed by atoms with Crippen molar-refractivity contribution in [3.8, 4) is 0 Å². The van der Waals surface area contributed by atoms with Gasteiger partial charge in [0.25, 0.3) is 0 Å². The molecule has 0 bridgehead atoms. The Hall–Kier alpha value is 1.43. The average molecular weight is 176 g/mol. The minimum atomic E-state index is -4.40. The number of hydrogen-bond acceptors (Lipinski definition) is 0. The van der Waals surface area contributed by atoms with Gasteiger partial charge in [0.05, 0.1) is 0 Å². The van der Waals surface area contributed by atoms with Crippen LogP contribution in [0.4, 0.5) is 10.7 Å². The predicted molar refractivity (Wildman–Crippen MR) is 10.5 cm³/mol. The van der Waals surface area contributed by atoms with Crippen LogP contribution in [0.2, 0.25) is 0 Å². The molecule has 0 aromatic heterocycles. The summed E-state index contributed by atoms with van der Waals surface area (Å²) in [5.74, 6) is 0. The van der Waals surface area contributed by atoms with Gasteiger partial charge in [-0.2, -0.15) is 0 Å². The molecule has 0 aliphatic carbocycles. The van der Waals surface area contributed by atoms with Gasteiger partial charge >= 0.3 is 44.8 Å². The molecule has 6 heteroatoms. The van der Waals surface area contributed by atoms with Crippen molar-refractivity contribution in [2.45, 2.75) is 0 Å². The van der Waals surface area contributed by atoms with Gasteiger partial charge in [-0.15, -0.1) is 0 Å². The van der Waals surface area contributed by atoms with Gasteiger partial charge in [-0.25, -0.2) is 0 Å². The molecule has 0 N–H and O–H groups in total. The fourth-order valence-corrected chi connectivity index (χ4v) is 0. The van der Waals surface area contributed by atoms with Crippen LogP contribution in [0.3, 0.4) is 0 Å². The summed E-state index contributed by atoms with van der Waals surface area (Å²) in [5.41, 5.74) is 0. The summed E-state index contributed by atoms with van der Waals surface area (Å²) in [5, 5.41) is 0. The Balaban J connectivity index is -0.0000000450. The molecule has 0 saturated heterocycles. The molecule has 0 rings (SSSR count). The molecular weight excluding hydrogens is 175 g/mol. The SMILES string of the molecule is [F][Mn]([F])[F].[Fe].[LiH]. The van der Waals surface area contributed by atoms with E-state index in [0.717, 1.165) is 0 Å². The third-order valence-corrected chi connectivity index (χ3v) is 0. The Morgan fingerprint density at radius 2 is 1.00 bits per heavy atom. The van der Waals surface area contributed by atoms with Crippen LogP contribution in [0.15, 0.2) is 0 Å². The summed E-state index contributed by atoms with van der Waals surface area (Å²) in [4.78, 5) is 0. The van der Waals surface area contributed by atoms with E-state index in [0.29, 0.717) is 0 Å². The first kappa shape index (κ1) is 15.7. The number of halogens is 3. The first-order valence-electron chi connectivity index (χ1n) is 0.429. The molecule has 0 saturated carbocycles. The predicted octanol–water partition coefficient (Wildman–Crippen LogP) is 0.607. The number of hydrogen-bond donors (Lipinski definition) is 0. The van der Waals surface area contributed by atoms with Gasteiger partial charge in [0.1, 0.15) is 0 Å². The van der Waals surface area contributed by atoms with Crippen LogP contribution in [0.1, 0.15) is 0 Å². The summed E-state index contributed by atoms with van der Waals surface area (Å²) in [7, 11) is 0. The zero-order valence-corrected chi connectivity index (χ0v) is 4.15. The summed E-state index contributed by atoms with van der Waals surface area (Å²) in [6.07, 6.45) is 0. The quantitative estimate of drug-likeness (QED) is 0.474. The van der Waals surface area contributed by atoms with Crippen molar-refractivity contribution < 1.29 is 43.0 Å². The third kappa shape index (κ3) is 52.3. The summed E-state index contributed by atoms with van der Waals surface area (Å²) >= 11 is -4.40. The standard InChI is InChI=1S/3FH.Fe.Li.Mn.H/h3*1H;;;;/q;;;;;+3;/p-3. The van der Waals surface area contributed by atoms with Crippen molar-refractivity contribution in [3.63, 3.8) is 0 Å². The van der Waals surface area contributed by atoms with E-state index in [4.69, 9.17) is 0 Å². The first-order valence-corrected chi connectivity index (χ1v) is 1.77. The minimum absolute atomic E-state index is 0. The normalized spacial score (nSPS) is 7.50. The molecule has 0 nitrogen and oxygen atoms in total. The molecule has 0 aliphatic rings. The molecule has 0 atom stereocenters. The Kier molecular flexibility index (Phi) is 25.2. The van der Waals surface area contributed by atoms with E-state index in [2.05, 4.69) is 0 Å². The van der Waals surface area contributed by atoms with E-state index in [1.165, 1.54) is 0 Å². The van der Waals surface area contributed by atoms with Gasteiger partial charge < -0.3 is 0 Å². The maximum atomic E-state index is 9.77. The summed E-state index contributed by atoms with van der Waals surface area (Å²) < 4.78 is 29.3. The van der Waals surface area contributed by atoms with Crippen LogP contribution in [-0.2, 0) is 32.3 Å². The van der Waals surface area contributed by atoms with E-state index in [1.807, 2.05) is 0 Å². The van der Waals surface area contributed by atoms with Crippen molar-refractivity contribution in [2.24, 2.45) is 0 Å². The molecule has 6 heavy (non-hydrogen) atoms. The maximum absolute atomic E-state index is 9.77. The molecule has 0 spiro atoms. The van der Waals surface area contributed by atoms with Gasteiger partial charge in [0.15, 0.2) is 0 Å². The van der Waals surface area contributed by atoms with Gasteiger partial charge in [-0.05, 0) is 0 Å². The molecular formula is HF3FeLiMn. The Labute approximate surface area is 61.8 Å². The van der Waals surface area contributed by atoms with Crippen LogP contribution in [0.25, 0.3) is 0 Å². The van der Waals surface area contributed by atoms with Gasteiger partial charge in [0.2, 0.25) is 0 Å². The zero-order valence-electron chi connectivity index (χ0n) is 1.87. The van der Waals surface area contributed by atoms with Gasteiger partial charge in [0, 0.05) is 17.1 Å². The molecule has 0 amide bonds. The fraction of sp³-hybridized carbons (Fsp3) is 0. The van der Waals surface area contributed by atoms with Crippen LogP contribution in [-0.4, -0.2) is 18.9 Å². The van der Waals surface area contributed by atoms with E-state index in [1.54, 1.807) is 0 Å². The Bertz CT molecular complexity index is 15.5.